The fourth-order valence-corrected chi connectivity index (χ4v) is 2.58. The predicted molar refractivity (Wildman–Crippen MR) is 80.1 cm³/mol. The van der Waals surface area contributed by atoms with Crippen LogP contribution in [0.4, 0.5) is 17.7 Å². The van der Waals surface area contributed by atoms with Gasteiger partial charge in [-0.25, -0.2) is 4.79 Å². The molecule has 0 unspecified atom stereocenters. The molecule has 0 bridgehead atoms. The minimum Gasteiger partial charge on any atom is -0.466 e. The molecule has 1 aliphatic rings. The summed E-state index contributed by atoms with van der Waals surface area (Å²) in [5.41, 5.74) is -0.704. The van der Waals surface area contributed by atoms with Crippen LogP contribution in [-0.4, -0.2) is 49.2 Å². The van der Waals surface area contributed by atoms with Crippen molar-refractivity contribution in [3.8, 4) is 0 Å². The van der Waals surface area contributed by atoms with E-state index in [1.165, 1.54) is 4.90 Å². The second kappa shape index (κ2) is 9.25. The summed E-state index contributed by atoms with van der Waals surface area (Å²) in [6.07, 6.45) is -1.94. The zero-order valence-electron chi connectivity index (χ0n) is 15.0. The number of likely N-dealkylation sites (tertiary alicyclic amines) is 1. The molecular weight excluding hydrogens is 353 g/mol. The molecule has 0 aromatic carbocycles. The van der Waals surface area contributed by atoms with Crippen LogP contribution in [0, 0.1) is 0 Å². The zero-order chi connectivity index (χ0) is 17.9. The fraction of sp³-hybridized carbons (Fsp3) is 0.857. The summed E-state index contributed by atoms with van der Waals surface area (Å²) in [6, 6.07) is 0. The fourth-order valence-electron chi connectivity index (χ4n) is 2.58. The summed E-state index contributed by atoms with van der Waals surface area (Å²) >= 11 is 0. The number of nitrogens with zero attached hydrogens (tertiary/aromatic N) is 1. The van der Waals surface area contributed by atoms with E-state index in [4.69, 9.17) is 4.74 Å². The van der Waals surface area contributed by atoms with Crippen LogP contribution in [0.15, 0.2) is 0 Å². The van der Waals surface area contributed by atoms with Gasteiger partial charge in [-0.15, -0.1) is 0 Å². The average Bonchev–Trinajstić information content (AvgIpc) is 2.36. The topological polar surface area (TPSA) is 55.8 Å². The van der Waals surface area contributed by atoms with E-state index in [1.807, 2.05) is 0 Å². The Kier molecular flexibility index (Phi) is 9.34. The van der Waals surface area contributed by atoms with Crippen LogP contribution in [-0.2, 0) is 14.3 Å². The second-order valence-corrected chi connectivity index (χ2v) is 6.89. The molecule has 0 N–H and O–H groups in total. The molecule has 134 valence electrons. The number of amides is 1. The molecule has 0 aromatic heterocycles. The number of carbonyl (C=O) groups is 2. The quantitative estimate of drug-likeness (QED) is 0.531. The van der Waals surface area contributed by atoms with Crippen molar-refractivity contribution in [3.05, 3.63) is 0 Å². The first-order chi connectivity index (χ1) is 10.4. The third kappa shape index (κ3) is 6.86. The van der Waals surface area contributed by atoms with Crippen molar-refractivity contribution in [2.24, 2.45) is 0 Å². The van der Waals surface area contributed by atoms with Crippen molar-refractivity contribution in [1.29, 1.82) is 0 Å². The number of esters is 1. The summed E-state index contributed by atoms with van der Waals surface area (Å²) in [4.78, 5) is 24.7. The van der Waals surface area contributed by atoms with E-state index < -0.39 is 36.4 Å². The molecular formula is C14H24BF3KNO4. The maximum absolute atomic E-state index is 13.5. The average molecular weight is 377 g/mol. The van der Waals surface area contributed by atoms with Gasteiger partial charge in [0.2, 0.25) is 0 Å². The Morgan fingerprint density at radius 2 is 1.67 bits per heavy atom. The van der Waals surface area contributed by atoms with E-state index in [0.29, 0.717) is 0 Å². The standard InChI is InChI=1S/C14H24BF3NO4.K/c1-5-22-11(20)10-14(15(16,17)18)6-8-19(9-7-14)12(21)23-13(2,3)4;/h5-10H2,1-4H3;/q-1;+1. The Bertz CT molecular complexity index is 446. The molecule has 0 spiro atoms. The molecule has 1 fully saturated rings. The van der Waals surface area contributed by atoms with Crippen molar-refractivity contribution in [2.45, 2.75) is 57.9 Å². The van der Waals surface area contributed by atoms with Gasteiger partial charge in [-0.05, 0) is 33.0 Å². The molecule has 24 heavy (non-hydrogen) atoms. The second-order valence-electron chi connectivity index (χ2n) is 6.89. The van der Waals surface area contributed by atoms with Gasteiger partial charge in [-0.3, -0.25) is 4.79 Å². The van der Waals surface area contributed by atoms with Crippen molar-refractivity contribution in [3.63, 3.8) is 0 Å². The first-order valence-corrected chi connectivity index (χ1v) is 7.73. The molecule has 0 saturated carbocycles. The van der Waals surface area contributed by atoms with E-state index in [-0.39, 0.29) is 83.9 Å². The molecule has 0 aliphatic carbocycles. The van der Waals surface area contributed by atoms with Crippen LogP contribution in [0.2, 0.25) is 5.31 Å². The SMILES string of the molecule is CCOC(=O)CC1([B-](F)(F)F)CCN(C(=O)OC(C)(C)C)CC1.[K+]. The van der Waals surface area contributed by atoms with Crippen molar-refractivity contribution >= 4 is 19.0 Å². The van der Waals surface area contributed by atoms with Gasteiger partial charge in [0.1, 0.15) is 5.60 Å². The Hall–Kier alpha value is 0.231. The number of halogens is 3. The third-order valence-corrected chi connectivity index (χ3v) is 3.91. The van der Waals surface area contributed by atoms with Gasteiger partial charge in [-0.1, -0.05) is 12.8 Å². The van der Waals surface area contributed by atoms with E-state index in [1.54, 1.807) is 27.7 Å². The molecule has 0 aromatic rings. The Morgan fingerprint density at radius 3 is 2.04 bits per heavy atom. The molecule has 1 rings (SSSR count). The van der Waals surface area contributed by atoms with Crippen LogP contribution >= 0.6 is 0 Å². The van der Waals surface area contributed by atoms with Gasteiger partial charge in [0.15, 0.2) is 0 Å². The van der Waals surface area contributed by atoms with Gasteiger partial charge < -0.3 is 27.3 Å². The number of hydrogen-bond acceptors (Lipinski definition) is 4. The predicted octanol–water partition coefficient (Wildman–Crippen LogP) is 0.562. The van der Waals surface area contributed by atoms with E-state index in [2.05, 4.69) is 4.74 Å². The summed E-state index contributed by atoms with van der Waals surface area (Å²) in [5, 5.41) is -2.08. The van der Waals surface area contributed by atoms with Crippen molar-refractivity contribution < 1.29 is 83.4 Å². The number of ether oxygens (including phenoxy) is 2. The third-order valence-electron chi connectivity index (χ3n) is 3.91. The molecule has 0 atom stereocenters. The molecule has 1 aliphatic heterocycles. The van der Waals surface area contributed by atoms with Crippen LogP contribution in [0.5, 0.6) is 0 Å². The molecule has 1 heterocycles. The van der Waals surface area contributed by atoms with Crippen molar-refractivity contribution in [2.75, 3.05) is 19.7 Å². The van der Waals surface area contributed by atoms with Gasteiger partial charge in [0.25, 0.3) is 0 Å². The van der Waals surface area contributed by atoms with Crippen molar-refractivity contribution in [1.82, 2.24) is 4.90 Å². The first kappa shape index (κ1) is 24.2. The summed E-state index contributed by atoms with van der Waals surface area (Å²) in [5.74, 6) is -0.850. The summed E-state index contributed by atoms with van der Waals surface area (Å²) < 4.78 is 50.4. The normalized spacial score (nSPS) is 17.7. The van der Waals surface area contributed by atoms with Gasteiger partial charge in [0, 0.05) is 19.5 Å². The number of piperidine rings is 1. The maximum atomic E-state index is 13.5. The maximum Gasteiger partial charge on any atom is 1.00 e. The van der Waals surface area contributed by atoms with E-state index >= 15 is 0 Å². The number of rotatable bonds is 4. The van der Waals surface area contributed by atoms with Crippen LogP contribution in [0.3, 0.4) is 0 Å². The van der Waals surface area contributed by atoms with Crippen LogP contribution < -0.4 is 51.4 Å². The van der Waals surface area contributed by atoms with Gasteiger partial charge in [-0.2, -0.15) is 0 Å². The van der Waals surface area contributed by atoms with Crippen LogP contribution in [0.1, 0.15) is 47.0 Å². The number of carbonyl (C=O) groups excluding carboxylic acids is 2. The minimum absolute atomic E-state index is 0. The Balaban J connectivity index is 0.00000529. The summed E-state index contributed by atoms with van der Waals surface area (Å²) in [7, 11) is 0. The largest absolute Gasteiger partial charge is 1.00 e. The molecule has 0 radical (unpaired) electrons. The summed E-state index contributed by atoms with van der Waals surface area (Å²) in [6.45, 7) is 1.27. The molecule has 1 amide bonds. The minimum atomic E-state index is -5.23. The Labute approximate surface area is 183 Å². The first-order valence-electron chi connectivity index (χ1n) is 7.73. The van der Waals surface area contributed by atoms with E-state index in [0.717, 1.165) is 0 Å². The van der Waals surface area contributed by atoms with Gasteiger partial charge >= 0.3 is 70.4 Å². The molecule has 10 heteroatoms. The van der Waals surface area contributed by atoms with E-state index in [9.17, 15) is 22.5 Å². The zero-order valence-corrected chi connectivity index (χ0v) is 18.2. The Morgan fingerprint density at radius 1 is 1.17 bits per heavy atom. The van der Waals surface area contributed by atoms with Crippen LogP contribution in [0.25, 0.3) is 0 Å². The number of hydrogen-bond donors (Lipinski definition) is 0. The smallest absolute Gasteiger partial charge is 0.466 e. The molecule has 5 nitrogen and oxygen atoms in total. The monoisotopic (exact) mass is 377 g/mol. The molecule has 1 saturated heterocycles. The van der Waals surface area contributed by atoms with Gasteiger partial charge in [0.05, 0.1) is 6.61 Å².